The van der Waals surface area contributed by atoms with Crippen molar-refractivity contribution in [3.05, 3.63) is 75.6 Å². The molecular weight excluding hydrogens is 316 g/mol. The Morgan fingerprint density at radius 3 is 2.52 bits per heavy atom. The zero-order valence-electron chi connectivity index (χ0n) is 14.5. The van der Waals surface area contributed by atoms with Crippen LogP contribution in [0.15, 0.2) is 53.3 Å². The highest BCUT2D eigenvalue weighted by Gasteiger charge is 2.14. The van der Waals surface area contributed by atoms with E-state index in [0.717, 1.165) is 22.2 Å². The lowest BCUT2D eigenvalue weighted by molar-refractivity contribution is 0.0784. The first-order valence-corrected chi connectivity index (χ1v) is 8.00. The molecule has 1 N–H and O–H groups in total. The number of hydrogen-bond donors (Lipinski definition) is 1. The highest BCUT2D eigenvalue weighted by molar-refractivity contribution is 5.94. The Balaban J connectivity index is 1.88. The Morgan fingerprint density at radius 1 is 1.12 bits per heavy atom. The van der Waals surface area contributed by atoms with Crippen molar-refractivity contribution >= 4 is 16.8 Å². The second-order valence-electron chi connectivity index (χ2n) is 6.10. The van der Waals surface area contributed by atoms with E-state index in [-0.39, 0.29) is 18.0 Å². The van der Waals surface area contributed by atoms with Crippen LogP contribution in [-0.4, -0.2) is 29.9 Å². The third-order valence-corrected chi connectivity index (χ3v) is 4.18. The molecule has 0 saturated carbocycles. The van der Waals surface area contributed by atoms with Gasteiger partial charge in [-0.2, -0.15) is 0 Å². The zero-order chi connectivity index (χ0) is 18.0. The van der Waals surface area contributed by atoms with Crippen LogP contribution < -0.4 is 10.3 Å². The van der Waals surface area contributed by atoms with Crippen LogP contribution >= 0.6 is 0 Å². The molecule has 128 valence electrons. The third kappa shape index (κ3) is 3.55. The van der Waals surface area contributed by atoms with Crippen LogP contribution in [0.5, 0.6) is 5.75 Å². The first-order chi connectivity index (χ1) is 12.0. The minimum absolute atomic E-state index is 0.120. The molecule has 1 aromatic heterocycles. The van der Waals surface area contributed by atoms with E-state index in [1.165, 1.54) is 0 Å². The van der Waals surface area contributed by atoms with Crippen molar-refractivity contribution in [2.24, 2.45) is 0 Å². The Kier molecular flexibility index (Phi) is 4.57. The number of aromatic amines is 1. The van der Waals surface area contributed by atoms with Gasteiger partial charge in [0.05, 0.1) is 13.7 Å². The molecule has 1 heterocycles. The van der Waals surface area contributed by atoms with Gasteiger partial charge in [0.1, 0.15) is 5.75 Å². The number of H-pyrrole nitrogens is 1. The van der Waals surface area contributed by atoms with Crippen molar-refractivity contribution in [1.29, 1.82) is 0 Å². The standard InChI is InChI=1S/C20H20N2O3/c1-13-4-6-14(7-5-13)20(24)22(2)12-16-10-15-11-17(25-3)8-9-18(15)21-19(16)23/h4-11H,12H2,1-3H3,(H,21,23). The van der Waals surface area contributed by atoms with Gasteiger partial charge in [0.2, 0.25) is 0 Å². The fourth-order valence-electron chi connectivity index (χ4n) is 2.72. The van der Waals surface area contributed by atoms with Gasteiger partial charge in [-0.05, 0) is 43.3 Å². The summed E-state index contributed by atoms with van der Waals surface area (Å²) in [5.74, 6) is 0.597. The number of carbonyl (C=O) groups is 1. The Hall–Kier alpha value is -3.08. The number of nitrogens with one attached hydrogen (secondary N) is 1. The number of amides is 1. The Labute approximate surface area is 145 Å². The number of benzene rings is 2. The molecule has 0 atom stereocenters. The highest BCUT2D eigenvalue weighted by atomic mass is 16.5. The number of hydrogen-bond acceptors (Lipinski definition) is 3. The lowest BCUT2D eigenvalue weighted by atomic mass is 10.1. The van der Waals surface area contributed by atoms with Crippen molar-refractivity contribution in [2.75, 3.05) is 14.2 Å². The number of pyridine rings is 1. The van der Waals surface area contributed by atoms with Gasteiger partial charge in [0, 0.05) is 29.1 Å². The number of ether oxygens (including phenoxy) is 1. The molecule has 25 heavy (non-hydrogen) atoms. The monoisotopic (exact) mass is 336 g/mol. The van der Waals surface area contributed by atoms with Gasteiger partial charge in [0.15, 0.2) is 0 Å². The van der Waals surface area contributed by atoms with Crippen molar-refractivity contribution in [3.63, 3.8) is 0 Å². The van der Waals surface area contributed by atoms with Crippen molar-refractivity contribution in [1.82, 2.24) is 9.88 Å². The van der Waals surface area contributed by atoms with E-state index in [0.29, 0.717) is 11.1 Å². The summed E-state index contributed by atoms with van der Waals surface area (Å²) in [4.78, 5) is 29.2. The summed E-state index contributed by atoms with van der Waals surface area (Å²) >= 11 is 0. The maximum Gasteiger partial charge on any atom is 0.253 e. The molecule has 0 aliphatic carbocycles. The van der Waals surface area contributed by atoms with Crippen LogP contribution in [0.3, 0.4) is 0 Å². The number of nitrogens with zero attached hydrogens (tertiary/aromatic N) is 1. The van der Waals surface area contributed by atoms with E-state index in [9.17, 15) is 9.59 Å². The zero-order valence-corrected chi connectivity index (χ0v) is 14.5. The highest BCUT2D eigenvalue weighted by Crippen LogP contribution is 2.19. The predicted octanol–water partition coefficient (Wildman–Crippen LogP) is 3.12. The maximum atomic E-state index is 12.5. The van der Waals surface area contributed by atoms with Crippen LogP contribution in [0.1, 0.15) is 21.5 Å². The molecule has 0 spiro atoms. The lowest BCUT2D eigenvalue weighted by Gasteiger charge is -2.17. The first-order valence-electron chi connectivity index (χ1n) is 8.00. The van der Waals surface area contributed by atoms with E-state index < -0.39 is 0 Å². The number of rotatable bonds is 4. The molecule has 0 saturated heterocycles. The molecule has 1 amide bonds. The summed E-state index contributed by atoms with van der Waals surface area (Å²) < 4.78 is 5.22. The van der Waals surface area contributed by atoms with Crippen molar-refractivity contribution in [3.8, 4) is 5.75 Å². The molecular formula is C20H20N2O3. The van der Waals surface area contributed by atoms with Crippen LogP contribution in [0.2, 0.25) is 0 Å². The molecule has 3 rings (SSSR count). The summed E-state index contributed by atoms with van der Waals surface area (Å²) in [5, 5.41) is 0.866. The maximum absolute atomic E-state index is 12.5. The summed E-state index contributed by atoms with van der Waals surface area (Å²) in [6, 6.07) is 14.7. The van der Waals surface area contributed by atoms with E-state index in [1.54, 1.807) is 49.4 Å². The van der Waals surface area contributed by atoms with Gasteiger partial charge in [-0.1, -0.05) is 17.7 Å². The van der Waals surface area contributed by atoms with E-state index in [2.05, 4.69) is 4.98 Å². The Bertz CT molecular complexity index is 974. The SMILES string of the molecule is COc1ccc2[nH]c(=O)c(CN(C)C(=O)c3ccc(C)cc3)cc2c1. The average Bonchev–Trinajstić information content (AvgIpc) is 2.62. The minimum atomic E-state index is -0.193. The fraction of sp³-hybridized carbons (Fsp3) is 0.200. The molecule has 5 nitrogen and oxygen atoms in total. The van der Waals surface area contributed by atoms with Crippen LogP contribution in [0.4, 0.5) is 0 Å². The molecule has 0 unspecified atom stereocenters. The molecule has 5 heteroatoms. The predicted molar refractivity (Wildman–Crippen MR) is 98.1 cm³/mol. The summed E-state index contributed by atoms with van der Waals surface area (Å²) in [6.45, 7) is 2.20. The van der Waals surface area contributed by atoms with Gasteiger partial charge in [0.25, 0.3) is 11.5 Å². The molecule has 0 fully saturated rings. The van der Waals surface area contributed by atoms with Crippen molar-refractivity contribution < 1.29 is 9.53 Å². The van der Waals surface area contributed by atoms with E-state index in [1.807, 2.05) is 25.1 Å². The van der Waals surface area contributed by atoms with Crippen molar-refractivity contribution in [2.45, 2.75) is 13.5 Å². The smallest absolute Gasteiger partial charge is 0.253 e. The van der Waals surface area contributed by atoms with Gasteiger partial charge in [-0.15, -0.1) is 0 Å². The molecule has 0 aliphatic rings. The number of methoxy groups -OCH3 is 1. The van der Waals surface area contributed by atoms with Crippen LogP contribution in [-0.2, 0) is 6.54 Å². The second-order valence-corrected chi connectivity index (χ2v) is 6.10. The lowest BCUT2D eigenvalue weighted by Crippen LogP contribution is -2.29. The summed E-state index contributed by atoms with van der Waals surface area (Å²) in [5.41, 5.74) is 2.78. The summed E-state index contributed by atoms with van der Waals surface area (Å²) in [7, 11) is 3.29. The van der Waals surface area contributed by atoms with Crippen LogP contribution in [0.25, 0.3) is 10.9 Å². The molecule has 3 aromatic rings. The molecule has 0 radical (unpaired) electrons. The normalized spacial score (nSPS) is 10.7. The van der Waals surface area contributed by atoms with Crippen LogP contribution in [0, 0.1) is 6.92 Å². The average molecular weight is 336 g/mol. The van der Waals surface area contributed by atoms with Gasteiger partial charge in [-0.25, -0.2) is 0 Å². The van der Waals surface area contributed by atoms with Gasteiger partial charge < -0.3 is 14.6 Å². The third-order valence-electron chi connectivity index (χ3n) is 4.18. The second kappa shape index (κ2) is 6.81. The molecule has 2 aromatic carbocycles. The quantitative estimate of drug-likeness (QED) is 0.796. The minimum Gasteiger partial charge on any atom is -0.497 e. The Morgan fingerprint density at radius 2 is 1.84 bits per heavy atom. The van der Waals surface area contributed by atoms with Gasteiger partial charge >= 0.3 is 0 Å². The van der Waals surface area contributed by atoms with E-state index >= 15 is 0 Å². The largest absolute Gasteiger partial charge is 0.497 e. The number of aromatic nitrogens is 1. The molecule has 0 aliphatic heterocycles. The van der Waals surface area contributed by atoms with Gasteiger partial charge in [-0.3, -0.25) is 9.59 Å². The number of carbonyl (C=O) groups excluding carboxylic acids is 1. The number of aryl methyl sites for hydroxylation is 1. The first kappa shape index (κ1) is 16.8. The molecule has 0 bridgehead atoms. The van der Waals surface area contributed by atoms with E-state index in [4.69, 9.17) is 4.74 Å². The fourth-order valence-corrected chi connectivity index (χ4v) is 2.72. The summed E-state index contributed by atoms with van der Waals surface area (Å²) in [6.07, 6.45) is 0. The number of fused-ring (bicyclic) bond motifs is 1. The topological polar surface area (TPSA) is 62.4 Å².